The normalized spacial score (nSPS) is 23.7. The Morgan fingerprint density at radius 1 is 1.53 bits per heavy atom. The number of pyridine rings is 1. The molecule has 1 amide bonds. The predicted octanol–water partition coefficient (Wildman–Crippen LogP) is 1.95. The number of aryl methyl sites for hydroxylation is 1. The Hall–Kier alpha value is -0.940. The number of carbonyl (C=O) groups excluding carboxylic acids is 1. The molecule has 0 aromatic carbocycles. The van der Waals surface area contributed by atoms with Crippen molar-refractivity contribution in [3.8, 4) is 0 Å². The first kappa shape index (κ1) is 12.5. The van der Waals surface area contributed by atoms with Gasteiger partial charge in [0, 0.05) is 6.54 Å². The van der Waals surface area contributed by atoms with Crippen LogP contribution in [-0.2, 0) is 4.79 Å². The van der Waals surface area contributed by atoms with E-state index in [-0.39, 0.29) is 11.8 Å². The number of amides is 1. The van der Waals surface area contributed by atoms with Crippen LogP contribution >= 0.6 is 15.9 Å². The van der Waals surface area contributed by atoms with Gasteiger partial charge in [-0.1, -0.05) is 6.92 Å². The largest absolute Gasteiger partial charge is 0.324 e. The van der Waals surface area contributed by atoms with Crippen molar-refractivity contribution in [3.63, 3.8) is 0 Å². The van der Waals surface area contributed by atoms with E-state index in [9.17, 15) is 4.79 Å². The van der Waals surface area contributed by atoms with Crippen LogP contribution in [0.5, 0.6) is 0 Å². The van der Waals surface area contributed by atoms with E-state index >= 15 is 0 Å². The van der Waals surface area contributed by atoms with Crippen molar-refractivity contribution in [1.82, 2.24) is 10.3 Å². The summed E-state index contributed by atoms with van der Waals surface area (Å²) in [4.78, 5) is 16.3. The number of anilines is 1. The van der Waals surface area contributed by atoms with Gasteiger partial charge in [0.1, 0.15) is 4.60 Å². The summed E-state index contributed by atoms with van der Waals surface area (Å²) in [6.07, 6.45) is 0. The Kier molecular flexibility index (Phi) is 3.79. The molecule has 1 aromatic heterocycles. The highest BCUT2D eigenvalue weighted by molar-refractivity contribution is 9.10. The first-order chi connectivity index (χ1) is 8.08. The second-order valence-corrected chi connectivity index (χ2v) is 5.31. The van der Waals surface area contributed by atoms with Gasteiger partial charge in [-0.25, -0.2) is 4.98 Å². The van der Waals surface area contributed by atoms with E-state index < -0.39 is 0 Å². The van der Waals surface area contributed by atoms with Crippen LogP contribution in [0.15, 0.2) is 16.7 Å². The van der Waals surface area contributed by atoms with Crippen LogP contribution < -0.4 is 10.6 Å². The van der Waals surface area contributed by atoms with Crippen LogP contribution in [0.25, 0.3) is 0 Å². The third-order valence-corrected chi connectivity index (χ3v) is 3.61. The molecule has 1 aliphatic heterocycles. The summed E-state index contributed by atoms with van der Waals surface area (Å²) in [5, 5.41) is 6.18. The number of nitrogens with zero attached hydrogens (tertiary/aromatic N) is 1. The summed E-state index contributed by atoms with van der Waals surface area (Å²) in [6.45, 7) is 5.65. The number of carbonyl (C=O) groups is 1. The number of aromatic nitrogens is 1. The lowest BCUT2D eigenvalue weighted by atomic mass is 9.97. The first-order valence-electron chi connectivity index (χ1n) is 5.72. The number of hydrogen-bond donors (Lipinski definition) is 2. The highest BCUT2D eigenvalue weighted by Crippen LogP contribution is 2.20. The van der Waals surface area contributed by atoms with E-state index in [0.29, 0.717) is 5.92 Å². The molecule has 0 bridgehead atoms. The summed E-state index contributed by atoms with van der Waals surface area (Å²) in [7, 11) is 0. The molecule has 2 rings (SSSR count). The van der Waals surface area contributed by atoms with Gasteiger partial charge in [0.15, 0.2) is 0 Å². The topological polar surface area (TPSA) is 54.0 Å². The van der Waals surface area contributed by atoms with Gasteiger partial charge in [-0.15, -0.1) is 0 Å². The van der Waals surface area contributed by atoms with Crippen LogP contribution in [0.3, 0.4) is 0 Å². The van der Waals surface area contributed by atoms with Crippen molar-refractivity contribution >= 4 is 27.5 Å². The Balaban J connectivity index is 2.07. The summed E-state index contributed by atoms with van der Waals surface area (Å²) in [5.41, 5.74) is 1.61. The monoisotopic (exact) mass is 297 g/mol. The Labute approximate surface area is 109 Å². The van der Waals surface area contributed by atoms with Crippen molar-refractivity contribution in [2.45, 2.75) is 13.8 Å². The summed E-state index contributed by atoms with van der Waals surface area (Å²) < 4.78 is 0.781. The molecular weight excluding hydrogens is 282 g/mol. The minimum atomic E-state index is 0.0537. The summed E-state index contributed by atoms with van der Waals surface area (Å²) in [6, 6.07) is 3.70. The highest BCUT2D eigenvalue weighted by Gasteiger charge is 2.29. The second-order valence-electron chi connectivity index (χ2n) is 4.50. The number of halogens is 1. The molecule has 0 aliphatic carbocycles. The molecule has 2 heterocycles. The van der Waals surface area contributed by atoms with Crippen LogP contribution in [0.1, 0.15) is 12.6 Å². The molecule has 1 aliphatic rings. The molecule has 0 spiro atoms. The molecule has 0 radical (unpaired) electrons. The fraction of sp³-hybridized carbons (Fsp3) is 0.500. The molecule has 1 saturated heterocycles. The first-order valence-corrected chi connectivity index (χ1v) is 6.52. The zero-order valence-corrected chi connectivity index (χ0v) is 11.5. The molecule has 2 N–H and O–H groups in total. The van der Waals surface area contributed by atoms with E-state index in [4.69, 9.17) is 0 Å². The van der Waals surface area contributed by atoms with Gasteiger partial charge in [-0.3, -0.25) is 4.79 Å². The van der Waals surface area contributed by atoms with Crippen molar-refractivity contribution in [2.24, 2.45) is 11.8 Å². The van der Waals surface area contributed by atoms with Crippen LogP contribution in [0, 0.1) is 18.8 Å². The van der Waals surface area contributed by atoms with Crippen LogP contribution in [0.4, 0.5) is 5.69 Å². The smallest absolute Gasteiger partial charge is 0.229 e. The maximum absolute atomic E-state index is 12.1. The molecule has 17 heavy (non-hydrogen) atoms. The lowest BCUT2D eigenvalue weighted by Crippen LogP contribution is -2.28. The maximum atomic E-state index is 12.1. The lowest BCUT2D eigenvalue weighted by Gasteiger charge is -2.15. The Morgan fingerprint density at radius 3 is 2.88 bits per heavy atom. The van der Waals surface area contributed by atoms with Gasteiger partial charge >= 0.3 is 0 Å². The molecule has 2 atom stereocenters. The number of nitrogens with one attached hydrogen (secondary N) is 2. The van der Waals surface area contributed by atoms with Crippen molar-refractivity contribution in [1.29, 1.82) is 0 Å². The molecule has 92 valence electrons. The van der Waals surface area contributed by atoms with Gasteiger partial charge in [-0.05, 0) is 47.4 Å². The fourth-order valence-corrected chi connectivity index (χ4v) is 2.45. The van der Waals surface area contributed by atoms with E-state index in [1.54, 1.807) is 0 Å². The Morgan fingerprint density at radius 2 is 2.29 bits per heavy atom. The molecule has 1 fully saturated rings. The van der Waals surface area contributed by atoms with Gasteiger partial charge in [0.2, 0.25) is 5.91 Å². The van der Waals surface area contributed by atoms with E-state index in [1.165, 1.54) is 0 Å². The standard InChI is InChI=1S/C12H16BrN3O/c1-7-5-14-6-9(7)12(17)16-10-3-4-11(13)15-8(10)2/h3-4,7,9,14H,5-6H2,1-2H3,(H,16,17)/t7-,9-/m1/s1. The SMILES string of the molecule is Cc1nc(Br)ccc1NC(=O)[C@@H]1CNC[C@H]1C. The Bertz CT molecular complexity index is 436. The molecule has 5 heteroatoms. The molecular formula is C12H16BrN3O. The third kappa shape index (κ3) is 2.84. The van der Waals surface area contributed by atoms with Gasteiger partial charge in [0.05, 0.1) is 17.3 Å². The average Bonchev–Trinajstić information content (AvgIpc) is 2.68. The zero-order valence-electron chi connectivity index (χ0n) is 9.96. The average molecular weight is 298 g/mol. The molecule has 4 nitrogen and oxygen atoms in total. The van der Waals surface area contributed by atoms with E-state index in [2.05, 4.69) is 38.5 Å². The highest BCUT2D eigenvalue weighted by atomic mass is 79.9. The van der Waals surface area contributed by atoms with Crippen molar-refractivity contribution in [3.05, 3.63) is 22.4 Å². The minimum absolute atomic E-state index is 0.0537. The second kappa shape index (κ2) is 5.14. The van der Waals surface area contributed by atoms with Crippen LogP contribution in [0.2, 0.25) is 0 Å². The summed E-state index contributed by atoms with van der Waals surface area (Å²) >= 11 is 3.30. The number of hydrogen-bond acceptors (Lipinski definition) is 3. The predicted molar refractivity (Wildman–Crippen MR) is 70.8 cm³/mol. The zero-order chi connectivity index (χ0) is 12.4. The van der Waals surface area contributed by atoms with E-state index in [1.807, 2.05) is 19.1 Å². The van der Waals surface area contributed by atoms with Gasteiger partial charge in [-0.2, -0.15) is 0 Å². The third-order valence-electron chi connectivity index (χ3n) is 3.16. The lowest BCUT2D eigenvalue weighted by molar-refractivity contribution is -0.120. The molecule has 0 unspecified atom stereocenters. The maximum Gasteiger partial charge on any atom is 0.229 e. The number of rotatable bonds is 2. The van der Waals surface area contributed by atoms with Gasteiger partial charge < -0.3 is 10.6 Å². The fourth-order valence-electron chi connectivity index (χ4n) is 2.05. The van der Waals surface area contributed by atoms with Crippen molar-refractivity contribution in [2.75, 3.05) is 18.4 Å². The molecule has 0 saturated carbocycles. The van der Waals surface area contributed by atoms with Crippen LogP contribution in [-0.4, -0.2) is 24.0 Å². The quantitative estimate of drug-likeness (QED) is 0.821. The molecule has 1 aromatic rings. The summed E-state index contributed by atoms with van der Waals surface area (Å²) in [5.74, 6) is 0.520. The van der Waals surface area contributed by atoms with E-state index in [0.717, 1.165) is 29.1 Å². The minimum Gasteiger partial charge on any atom is -0.324 e. The van der Waals surface area contributed by atoms with Crippen molar-refractivity contribution < 1.29 is 4.79 Å². The van der Waals surface area contributed by atoms with Gasteiger partial charge in [0.25, 0.3) is 0 Å².